The van der Waals surface area contributed by atoms with Crippen molar-refractivity contribution in [2.24, 2.45) is 0 Å². The maximum Gasteiger partial charge on any atom is 0.137 e. The Morgan fingerprint density at radius 2 is 1.00 bits per heavy atom. The lowest BCUT2D eigenvalue weighted by Gasteiger charge is -2.13. The minimum absolute atomic E-state index is 0.566. The van der Waals surface area contributed by atoms with Gasteiger partial charge in [0.15, 0.2) is 0 Å². The second-order valence-corrected chi connectivity index (χ2v) is 11.2. The van der Waals surface area contributed by atoms with Crippen LogP contribution in [0.2, 0.25) is 0 Å². The second kappa shape index (κ2) is 9.09. The third kappa shape index (κ3) is 3.41. The van der Waals surface area contributed by atoms with Gasteiger partial charge >= 0.3 is 0 Å². The largest absolute Gasteiger partial charge is 0.456 e. The van der Waals surface area contributed by atoms with Crippen LogP contribution >= 0.6 is 0 Å². The maximum atomic E-state index is 9.74. The number of furan rings is 1. The molecule has 206 valence electrons. The molecule has 9 aromatic rings. The van der Waals surface area contributed by atoms with E-state index in [0.717, 1.165) is 76.9 Å². The van der Waals surface area contributed by atoms with Gasteiger partial charge in [0, 0.05) is 38.3 Å². The summed E-state index contributed by atoms with van der Waals surface area (Å²) >= 11 is 0. The van der Waals surface area contributed by atoms with E-state index in [9.17, 15) is 15.8 Å². The van der Waals surface area contributed by atoms with Crippen LogP contribution in [-0.2, 0) is 0 Å². The van der Waals surface area contributed by atoms with E-state index in [2.05, 4.69) is 57.7 Å². The van der Waals surface area contributed by atoms with Crippen molar-refractivity contribution >= 4 is 65.6 Å². The summed E-state index contributed by atoms with van der Waals surface area (Å²) in [6.45, 7) is 0. The number of fused-ring (bicyclic) bond motifs is 10. The molecular weight excluding hydrogens is 554 g/mol. The predicted octanol–water partition coefficient (Wildman–Crippen LogP) is 9.40. The van der Waals surface area contributed by atoms with Gasteiger partial charge in [-0.05, 0) is 91.0 Å². The highest BCUT2D eigenvalue weighted by Crippen LogP contribution is 2.41. The molecule has 0 saturated heterocycles. The van der Waals surface area contributed by atoms with E-state index in [0.29, 0.717) is 16.7 Å². The number of nitrogens with zero attached hydrogens (tertiary/aromatic N) is 5. The second-order valence-electron chi connectivity index (χ2n) is 11.2. The van der Waals surface area contributed by atoms with Crippen LogP contribution in [0.4, 0.5) is 0 Å². The van der Waals surface area contributed by atoms with Crippen LogP contribution in [0.3, 0.4) is 0 Å². The number of para-hydroxylation sites is 1. The lowest BCUT2D eigenvalue weighted by molar-refractivity contribution is 0.669. The number of benzene rings is 6. The topological polar surface area (TPSA) is 94.4 Å². The Kier molecular flexibility index (Phi) is 5.00. The molecule has 0 amide bonds. The average Bonchev–Trinajstić information content (AvgIpc) is 3.74. The number of hydrogen-bond acceptors (Lipinski definition) is 4. The van der Waals surface area contributed by atoms with Crippen LogP contribution in [0.5, 0.6) is 0 Å². The monoisotopic (exact) mass is 573 g/mol. The number of rotatable bonds is 2. The summed E-state index contributed by atoms with van der Waals surface area (Å²) in [5, 5.41) is 34.9. The van der Waals surface area contributed by atoms with Crippen LogP contribution in [0, 0.1) is 34.0 Å². The predicted molar refractivity (Wildman–Crippen MR) is 177 cm³/mol. The van der Waals surface area contributed by atoms with E-state index in [1.54, 1.807) is 0 Å². The van der Waals surface area contributed by atoms with Crippen LogP contribution in [0.25, 0.3) is 76.9 Å². The fourth-order valence-corrected chi connectivity index (χ4v) is 6.86. The van der Waals surface area contributed by atoms with Crippen LogP contribution in [0.1, 0.15) is 16.7 Å². The minimum atomic E-state index is 0.566. The van der Waals surface area contributed by atoms with Gasteiger partial charge in [-0.3, -0.25) is 0 Å². The molecule has 0 atom stereocenters. The van der Waals surface area contributed by atoms with E-state index >= 15 is 0 Å². The highest BCUT2D eigenvalue weighted by atomic mass is 16.3. The highest BCUT2D eigenvalue weighted by molar-refractivity contribution is 6.24. The van der Waals surface area contributed by atoms with Gasteiger partial charge in [0.25, 0.3) is 0 Å². The number of nitriles is 3. The third-order valence-corrected chi connectivity index (χ3v) is 8.77. The molecule has 45 heavy (non-hydrogen) atoms. The Balaban J connectivity index is 1.40. The molecule has 0 aliphatic rings. The van der Waals surface area contributed by atoms with Gasteiger partial charge < -0.3 is 13.6 Å². The molecule has 6 heteroatoms. The number of hydrogen-bond donors (Lipinski definition) is 0. The summed E-state index contributed by atoms with van der Waals surface area (Å²) in [7, 11) is 0. The Morgan fingerprint density at radius 3 is 1.62 bits per heavy atom. The first kappa shape index (κ1) is 24.8. The van der Waals surface area contributed by atoms with Crippen molar-refractivity contribution in [3.63, 3.8) is 0 Å². The third-order valence-electron chi connectivity index (χ3n) is 8.77. The van der Waals surface area contributed by atoms with Gasteiger partial charge in [0.1, 0.15) is 11.2 Å². The Labute approximate surface area is 256 Å². The molecule has 0 saturated carbocycles. The van der Waals surface area contributed by atoms with E-state index in [-0.39, 0.29) is 0 Å². The smallest absolute Gasteiger partial charge is 0.137 e. The summed E-state index contributed by atoms with van der Waals surface area (Å²) in [5.74, 6) is 0. The lowest BCUT2D eigenvalue weighted by atomic mass is 10.1. The normalized spacial score (nSPS) is 11.5. The molecule has 0 aliphatic heterocycles. The van der Waals surface area contributed by atoms with Gasteiger partial charge in [-0.2, -0.15) is 15.8 Å². The van der Waals surface area contributed by atoms with Gasteiger partial charge in [0.2, 0.25) is 0 Å². The van der Waals surface area contributed by atoms with Crippen molar-refractivity contribution in [1.29, 1.82) is 15.8 Å². The summed E-state index contributed by atoms with van der Waals surface area (Å²) < 4.78 is 10.7. The first-order valence-corrected chi connectivity index (χ1v) is 14.4. The Morgan fingerprint density at radius 1 is 0.444 bits per heavy atom. The Hall–Kier alpha value is -6.81. The highest BCUT2D eigenvalue weighted by Gasteiger charge is 2.20. The molecular formula is C39H19N5O. The molecule has 0 bridgehead atoms. The van der Waals surface area contributed by atoms with Gasteiger partial charge in [-0.15, -0.1) is 0 Å². The quantitative estimate of drug-likeness (QED) is 0.206. The van der Waals surface area contributed by atoms with Crippen molar-refractivity contribution in [1.82, 2.24) is 9.13 Å². The van der Waals surface area contributed by atoms with E-state index < -0.39 is 0 Å². The molecule has 3 heterocycles. The first-order chi connectivity index (χ1) is 22.2. The van der Waals surface area contributed by atoms with E-state index in [1.807, 2.05) is 84.9 Å². The van der Waals surface area contributed by atoms with Crippen molar-refractivity contribution in [3.05, 3.63) is 132 Å². The first-order valence-electron chi connectivity index (χ1n) is 14.4. The summed E-state index contributed by atoms with van der Waals surface area (Å²) in [5.41, 5.74) is 9.13. The average molecular weight is 574 g/mol. The molecule has 6 aromatic carbocycles. The molecule has 0 N–H and O–H groups in total. The van der Waals surface area contributed by atoms with Crippen LogP contribution in [-0.4, -0.2) is 9.13 Å². The fourth-order valence-electron chi connectivity index (χ4n) is 6.86. The summed E-state index contributed by atoms with van der Waals surface area (Å²) in [4.78, 5) is 0. The zero-order valence-corrected chi connectivity index (χ0v) is 23.6. The van der Waals surface area contributed by atoms with Crippen molar-refractivity contribution in [2.75, 3.05) is 0 Å². The van der Waals surface area contributed by atoms with Crippen LogP contribution in [0.15, 0.2) is 120 Å². The molecule has 0 radical (unpaired) electrons. The molecule has 0 spiro atoms. The SMILES string of the molecule is N#Cc1ccc2c(c1)c1cc(C#N)ccc1n2-c1cccc(-n2c3ccc(C#N)cc3c3ccc4oc5ccccc5c4c32)c1. The van der Waals surface area contributed by atoms with Gasteiger partial charge in [-0.1, -0.05) is 24.3 Å². The lowest BCUT2D eigenvalue weighted by Crippen LogP contribution is -1.99. The zero-order chi connectivity index (χ0) is 30.2. The molecule has 6 nitrogen and oxygen atoms in total. The summed E-state index contributed by atoms with van der Waals surface area (Å²) in [6, 6.07) is 44.5. The van der Waals surface area contributed by atoms with E-state index in [4.69, 9.17) is 4.42 Å². The molecule has 9 rings (SSSR count). The van der Waals surface area contributed by atoms with Crippen molar-refractivity contribution in [2.45, 2.75) is 0 Å². The summed E-state index contributed by atoms with van der Waals surface area (Å²) in [6.07, 6.45) is 0. The molecule has 3 aromatic heterocycles. The van der Waals surface area contributed by atoms with Crippen molar-refractivity contribution in [3.8, 4) is 29.6 Å². The fraction of sp³-hybridized carbons (Fsp3) is 0. The molecule has 0 unspecified atom stereocenters. The van der Waals surface area contributed by atoms with Gasteiger partial charge in [-0.25, -0.2) is 0 Å². The minimum Gasteiger partial charge on any atom is -0.456 e. The maximum absolute atomic E-state index is 9.74. The van der Waals surface area contributed by atoms with Gasteiger partial charge in [0.05, 0.1) is 62.4 Å². The van der Waals surface area contributed by atoms with E-state index in [1.165, 1.54) is 0 Å². The van der Waals surface area contributed by atoms with Crippen LogP contribution < -0.4 is 0 Å². The Bertz CT molecular complexity index is 2790. The standard InChI is InChI=1S/C39H19N5O/c40-20-23-10-14-35-30(16-23)28-11-15-37-38(29-6-1-2-7-36(29)45-37)39(28)44(35)27-5-3-4-26(19-27)43-33-12-8-24(21-41)17-31(33)32-18-25(22-42)9-13-34(32)43/h1-19H. The zero-order valence-electron chi connectivity index (χ0n) is 23.6. The number of aromatic nitrogens is 2. The molecule has 0 aliphatic carbocycles. The van der Waals surface area contributed by atoms with Crippen molar-refractivity contribution < 1.29 is 4.42 Å². The molecule has 0 fully saturated rings.